The highest BCUT2D eigenvalue weighted by molar-refractivity contribution is 6.29. The Hall–Kier alpha value is -1.56. The van der Waals surface area contributed by atoms with Gasteiger partial charge in [-0.3, -0.25) is 4.79 Å². The van der Waals surface area contributed by atoms with E-state index < -0.39 is 18.0 Å². The second kappa shape index (κ2) is 7.13. The molecule has 0 N–H and O–H groups in total. The van der Waals surface area contributed by atoms with Gasteiger partial charge in [0, 0.05) is 0 Å². The lowest BCUT2D eigenvalue weighted by Gasteiger charge is -2.14. The van der Waals surface area contributed by atoms with E-state index in [2.05, 4.69) is 9.47 Å². The predicted octanol–water partition coefficient (Wildman–Crippen LogP) is 3.14. The number of benzene rings is 1. The van der Waals surface area contributed by atoms with Crippen LogP contribution in [0, 0.1) is 0 Å². The molecule has 0 amide bonds. The van der Waals surface area contributed by atoms with Crippen LogP contribution in [0.3, 0.4) is 0 Å². The van der Waals surface area contributed by atoms with E-state index in [1.165, 1.54) is 25.3 Å². The minimum atomic E-state index is -2.96. The van der Waals surface area contributed by atoms with Gasteiger partial charge in [-0.15, -0.1) is 11.6 Å². The van der Waals surface area contributed by atoms with Crippen LogP contribution in [0.4, 0.5) is 8.78 Å². The van der Waals surface area contributed by atoms with Crippen molar-refractivity contribution in [3.63, 3.8) is 0 Å². The number of esters is 1. The van der Waals surface area contributed by atoms with Crippen molar-refractivity contribution in [3.05, 3.63) is 23.8 Å². The summed E-state index contributed by atoms with van der Waals surface area (Å²) in [6.07, 6.45) is 0. The van der Waals surface area contributed by atoms with Crippen molar-refractivity contribution in [2.45, 2.75) is 18.9 Å². The van der Waals surface area contributed by atoms with E-state index in [9.17, 15) is 13.6 Å². The first kappa shape index (κ1) is 15.5. The summed E-state index contributed by atoms with van der Waals surface area (Å²) in [6.45, 7) is -1.01. The number of ether oxygens (including phenoxy) is 3. The van der Waals surface area contributed by atoms with Crippen molar-refractivity contribution in [1.29, 1.82) is 0 Å². The van der Waals surface area contributed by atoms with Crippen molar-refractivity contribution in [3.8, 4) is 11.5 Å². The van der Waals surface area contributed by atoms with Crippen LogP contribution in [0.25, 0.3) is 0 Å². The van der Waals surface area contributed by atoms with Gasteiger partial charge in [0.25, 0.3) is 0 Å². The molecule has 1 aromatic carbocycles. The molecule has 7 heteroatoms. The molecule has 0 aliphatic rings. The van der Waals surface area contributed by atoms with Gasteiger partial charge in [-0.1, -0.05) is 6.07 Å². The van der Waals surface area contributed by atoms with Gasteiger partial charge in [0.1, 0.15) is 0 Å². The molecule has 106 valence electrons. The molecule has 0 radical (unpaired) electrons. The lowest BCUT2D eigenvalue weighted by molar-refractivity contribution is -0.140. The van der Waals surface area contributed by atoms with Crippen LogP contribution in [0.15, 0.2) is 18.2 Å². The molecule has 4 nitrogen and oxygen atoms in total. The zero-order valence-electron chi connectivity index (χ0n) is 10.4. The summed E-state index contributed by atoms with van der Waals surface area (Å²) in [4.78, 5) is 11.3. The number of hydrogen-bond acceptors (Lipinski definition) is 4. The van der Waals surface area contributed by atoms with E-state index in [0.29, 0.717) is 5.56 Å². The van der Waals surface area contributed by atoms with E-state index in [0.717, 1.165) is 0 Å². The second-order valence-electron chi connectivity index (χ2n) is 3.40. The molecular formula is C12H13ClF2O4. The minimum Gasteiger partial charge on any atom is -0.490 e. The van der Waals surface area contributed by atoms with Crippen LogP contribution in [0.1, 0.15) is 17.9 Å². The predicted molar refractivity (Wildman–Crippen MR) is 64.9 cm³/mol. The van der Waals surface area contributed by atoms with Crippen LogP contribution in [-0.4, -0.2) is 26.3 Å². The van der Waals surface area contributed by atoms with Gasteiger partial charge in [-0.05, 0) is 24.6 Å². The zero-order chi connectivity index (χ0) is 14.4. The molecule has 0 aliphatic carbocycles. The second-order valence-corrected chi connectivity index (χ2v) is 3.84. The topological polar surface area (TPSA) is 44.8 Å². The lowest BCUT2D eigenvalue weighted by Crippen LogP contribution is -2.10. The molecule has 1 atom stereocenters. The molecular weight excluding hydrogens is 282 g/mol. The van der Waals surface area contributed by atoms with Crippen molar-refractivity contribution < 1.29 is 27.8 Å². The van der Waals surface area contributed by atoms with Crippen LogP contribution in [-0.2, 0) is 9.53 Å². The number of hydrogen-bond donors (Lipinski definition) is 0. The summed E-state index contributed by atoms with van der Waals surface area (Å²) in [5.41, 5.74) is 0.374. The first-order chi connectivity index (χ1) is 8.99. The molecule has 1 unspecified atom stereocenters. The number of halogens is 3. The summed E-state index contributed by atoms with van der Waals surface area (Å²) < 4.78 is 38.4. The van der Waals surface area contributed by atoms with Crippen LogP contribution < -0.4 is 9.47 Å². The van der Waals surface area contributed by atoms with Crippen molar-refractivity contribution in [1.82, 2.24) is 0 Å². The van der Waals surface area contributed by atoms with Gasteiger partial charge >= 0.3 is 12.6 Å². The van der Waals surface area contributed by atoms with E-state index in [1.54, 1.807) is 6.92 Å². The van der Waals surface area contributed by atoms with Crippen LogP contribution in [0.2, 0.25) is 0 Å². The maximum atomic E-state index is 12.2. The third kappa shape index (κ3) is 4.24. The van der Waals surface area contributed by atoms with Crippen molar-refractivity contribution in [2.24, 2.45) is 0 Å². The quantitative estimate of drug-likeness (QED) is 0.597. The number of carbonyl (C=O) groups is 1. The first-order valence-electron chi connectivity index (χ1n) is 5.43. The highest BCUT2D eigenvalue weighted by atomic mass is 35.5. The third-order valence-electron chi connectivity index (χ3n) is 2.18. The van der Waals surface area contributed by atoms with Crippen molar-refractivity contribution >= 4 is 17.6 Å². The fourth-order valence-corrected chi connectivity index (χ4v) is 1.61. The minimum absolute atomic E-state index is 0.0925. The van der Waals surface area contributed by atoms with E-state index in [4.69, 9.17) is 16.3 Å². The van der Waals surface area contributed by atoms with E-state index in [-0.39, 0.29) is 18.1 Å². The SMILES string of the molecule is CCOc1cc(C(Cl)C(=O)OC)ccc1OC(F)F. The zero-order valence-corrected chi connectivity index (χ0v) is 11.1. The molecule has 1 aromatic rings. The van der Waals surface area contributed by atoms with Crippen molar-refractivity contribution in [2.75, 3.05) is 13.7 Å². The number of alkyl halides is 3. The van der Waals surface area contributed by atoms with Gasteiger partial charge in [-0.25, -0.2) is 0 Å². The highest BCUT2D eigenvalue weighted by Crippen LogP contribution is 2.33. The molecule has 1 rings (SSSR count). The molecule has 19 heavy (non-hydrogen) atoms. The Bertz CT molecular complexity index is 440. The number of rotatable bonds is 6. The van der Waals surface area contributed by atoms with Gasteiger partial charge in [0.2, 0.25) is 0 Å². The normalized spacial score (nSPS) is 12.1. The Morgan fingerprint density at radius 3 is 2.58 bits per heavy atom. The molecule has 0 saturated carbocycles. The summed E-state index contributed by atoms with van der Waals surface area (Å²) >= 11 is 5.87. The summed E-state index contributed by atoms with van der Waals surface area (Å²) in [7, 11) is 1.20. The molecule has 0 aromatic heterocycles. The number of methoxy groups -OCH3 is 1. The molecule has 0 heterocycles. The molecule has 0 aliphatic heterocycles. The third-order valence-corrected chi connectivity index (χ3v) is 2.61. The van der Waals surface area contributed by atoms with Gasteiger partial charge < -0.3 is 14.2 Å². The maximum Gasteiger partial charge on any atom is 0.387 e. The molecule has 0 spiro atoms. The average Bonchev–Trinajstić information content (AvgIpc) is 2.38. The largest absolute Gasteiger partial charge is 0.490 e. The first-order valence-corrected chi connectivity index (χ1v) is 5.86. The molecule has 0 saturated heterocycles. The summed E-state index contributed by atoms with van der Waals surface area (Å²) in [5, 5.41) is -1.04. The highest BCUT2D eigenvalue weighted by Gasteiger charge is 2.21. The Morgan fingerprint density at radius 2 is 2.05 bits per heavy atom. The van der Waals surface area contributed by atoms with Crippen LogP contribution >= 0.6 is 11.6 Å². The van der Waals surface area contributed by atoms with E-state index >= 15 is 0 Å². The monoisotopic (exact) mass is 294 g/mol. The average molecular weight is 295 g/mol. The van der Waals surface area contributed by atoms with Gasteiger partial charge in [0.15, 0.2) is 16.9 Å². The fraction of sp³-hybridized carbons (Fsp3) is 0.417. The Morgan fingerprint density at radius 1 is 1.37 bits per heavy atom. The Balaban J connectivity index is 3.04. The Labute approximate surface area is 114 Å². The Kier molecular flexibility index (Phi) is 5.82. The summed E-state index contributed by atoms with van der Waals surface area (Å²) in [5.74, 6) is -0.671. The van der Waals surface area contributed by atoms with E-state index in [1.807, 2.05) is 0 Å². The summed E-state index contributed by atoms with van der Waals surface area (Å²) in [6, 6.07) is 4.04. The lowest BCUT2D eigenvalue weighted by atomic mass is 10.1. The fourth-order valence-electron chi connectivity index (χ4n) is 1.38. The maximum absolute atomic E-state index is 12.2. The smallest absolute Gasteiger partial charge is 0.387 e. The number of carbonyl (C=O) groups excluding carboxylic acids is 1. The standard InChI is InChI=1S/C12H13ClF2O4/c1-3-18-9-6-7(10(13)11(16)17-2)4-5-8(9)19-12(14)15/h4-6,10,12H,3H2,1-2H3. The van der Waals surface area contributed by atoms with Gasteiger partial charge in [-0.2, -0.15) is 8.78 Å². The van der Waals surface area contributed by atoms with Gasteiger partial charge in [0.05, 0.1) is 13.7 Å². The van der Waals surface area contributed by atoms with Crippen LogP contribution in [0.5, 0.6) is 11.5 Å². The molecule has 0 fully saturated rings. The molecule has 0 bridgehead atoms.